The minimum absolute atomic E-state index is 0. The number of ether oxygens (including phenoxy) is 1. The molecule has 0 spiro atoms. The summed E-state index contributed by atoms with van der Waals surface area (Å²) in [6.07, 6.45) is 0. The van der Waals surface area contributed by atoms with Gasteiger partial charge in [-0.2, -0.15) is 0 Å². The Morgan fingerprint density at radius 2 is 2.17 bits per heavy atom. The maximum absolute atomic E-state index is 10.4. The van der Waals surface area contributed by atoms with E-state index in [9.17, 15) is 13.0 Å². The summed E-state index contributed by atoms with van der Waals surface area (Å²) in [6, 6.07) is 1.20. The van der Waals surface area contributed by atoms with Gasteiger partial charge in [0.1, 0.15) is 20.1 Å². The average Bonchev–Trinajstić information content (AvgIpc) is 2.32. The smallest absolute Gasteiger partial charge is 0.743 e. The first kappa shape index (κ1) is 12.4. The van der Waals surface area contributed by atoms with Crippen LogP contribution in [0.5, 0.6) is 5.75 Å². The number of rotatable bonds is 2. The predicted octanol–water partition coefficient (Wildman–Crippen LogP) is -2.34. The summed E-state index contributed by atoms with van der Waals surface area (Å²) >= 11 is 0.856. The molecule has 0 saturated heterocycles. The van der Waals surface area contributed by atoms with Crippen molar-refractivity contribution in [3.63, 3.8) is 0 Å². The molecule has 7 heteroatoms. The normalized spacial score (nSPS) is 10.5. The molecular weight excluding hydrogens is 211 g/mol. The third-order valence-corrected chi connectivity index (χ3v) is 3.25. The number of hydrogen-bond donors (Lipinski definition) is 0. The largest absolute Gasteiger partial charge is 1.00 e. The Morgan fingerprint density at radius 1 is 1.58 bits per heavy atom. The molecule has 0 aliphatic heterocycles. The Kier molecular flexibility index (Phi) is 4.75. The quantitative estimate of drug-likeness (QED) is 0.410. The van der Waals surface area contributed by atoms with Gasteiger partial charge in [-0.05, 0) is 0 Å². The second-order valence-electron chi connectivity index (χ2n) is 1.76. The summed E-state index contributed by atoms with van der Waals surface area (Å²) < 4.78 is 35.6. The molecule has 0 saturated carbocycles. The third kappa shape index (κ3) is 3.04. The summed E-state index contributed by atoms with van der Waals surface area (Å²) in [5.74, 6) is 0.393. The van der Waals surface area contributed by atoms with Gasteiger partial charge in [0.05, 0.1) is 7.11 Å². The van der Waals surface area contributed by atoms with Crippen LogP contribution in [0.3, 0.4) is 0 Å². The van der Waals surface area contributed by atoms with E-state index >= 15 is 0 Å². The van der Waals surface area contributed by atoms with Crippen LogP contribution in [-0.4, -0.2) is 20.1 Å². The van der Waals surface area contributed by atoms with Gasteiger partial charge in [-0.25, -0.2) is 8.42 Å². The first-order valence-electron chi connectivity index (χ1n) is 2.62. The van der Waals surface area contributed by atoms with Gasteiger partial charge in [0, 0.05) is 11.4 Å². The molecule has 0 aliphatic carbocycles. The van der Waals surface area contributed by atoms with E-state index in [2.05, 4.69) is 0 Å². The van der Waals surface area contributed by atoms with Crippen LogP contribution in [0.25, 0.3) is 0 Å². The van der Waals surface area contributed by atoms with E-state index in [0.29, 0.717) is 5.75 Å². The van der Waals surface area contributed by atoms with Crippen LogP contribution >= 0.6 is 11.3 Å². The fraction of sp³-hybridized carbons (Fsp3) is 0.200. The van der Waals surface area contributed by atoms with E-state index in [4.69, 9.17) is 4.74 Å². The molecule has 0 unspecified atom stereocenters. The van der Waals surface area contributed by atoms with E-state index in [-0.39, 0.29) is 33.8 Å². The maximum atomic E-state index is 10.4. The maximum Gasteiger partial charge on any atom is 1.00 e. The number of methoxy groups -OCH3 is 1. The monoisotopic (exact) mass is 216 g/mol. The summed E-state index contributed by atoms with van der Waals surface area (Å²) in [7, 11) is -2.90. The average molecular weight is 216 g/mol. The van der Waals surface area contributed by atoms with Gasteiger partial charge in [0.15, 0.2) is 0 Å². The summed E-state index contributed by atoms with van der Waals surface area (Å²) in [5.41, 5.74) is 0. The van der Waals surface area contributed by atoms with E-state index in [1.165, 1.54) is 18.6 Å². The fourth-order valence-corrected chi connectivity index (χ4v) is 2.00. The minimum Gasteiger partial charge on any atom is -0.743 e. The molecule has 0 aliphatic rings. The van der Waals surface area contributed by atoms with E-state index in [1.54, 1.807) is 0 Å². The van der Waals surface area contributed by atoms with Gasteiger partial charge in [0.2, 0.25) is 0 Å². The second kappa shape index (κ2) is 4.59. The molecule has 4 nitrogen and oxygen atoms in total. The molecule has 0 fully saturated rings. The molecule has 1 aromatic heterocycles. The number of hydrogen-bond acceptors (Lipinski definition) is 5. The van der Waals surface area contributed by atoms with Gasteiger partial charge >= 0.3 is 29.6 Å². The molecule has 0 amide bonds. The van der Waals surface area contributed by atoms with Crippen molar-refractivity contribution in [2.75, 3.05) is 7.11 Å². The van der Waals surface area contributed by atoms with Crippen LogP contribution in [0.1, 0.15) is 0 Å². The third-order valence-electron chi connectivity index (χ3n) is 1.03. The van der Waals surface area contributed by atoms with Crippen molar-refractivity contribution in [1.29, 1.82) is 0 Å². The van der Waals surface area contributed by atoms with Crippen LogP contribution in [-0.2, 0) is 10.1 Å². The van der Waals surface area contributed by atoms with E-state index in [0.717, 1.165) is 11.3 Å². The summed E-state index contributed by atoms with van der Waals surface area (Å²) in [4.78, 5) is 0. The van der Waals surface area contributed by atoms with E-state index in [1.807, 2.05) is 0 Å². The van der Waals surface area contributed by atoms with Gasteiger partial charge in [0.25, 0.3) is 0 Å². The minimum atomic E-state index is -4.30. The molecular formula is C5H5NaO4S2. The van der Waals surface area contributed by atoms with Gasteiger partial charge < -0.3 is 9.29 Å². The van der Waals surface area contributed by atoms with Crippen molar-refractivity contribution in [2.24, 2.45) is 0 Å². The Morgan fingerprint density at radius 3 is 2.42 bits per heavy atom. The van der Waals surface area contributed by atoms with Gasteiger partial charge in [-0.3, -0.25) is 0 Å². The predicted molar refractivity (Wildman–Crippen MR) is 38.8 cm³/mol. The Labute approximate surface area is 96.6 Å². The van der Waals surface area contributed by atoms with Crippen LogP contribution in [0, 0.1) is 0 Å². The molecule has 62 valence electrons. The van der Waals surface area contributed by atoms with Crippen molar-refractivity contribution in [3.8, 4) is 5.75 Å². The standard InChI is InChI=1S/C5H6O4S2.Na/c1-9-4-2-5(10-3-4)11(6,7)8;/h2-3H,1H3,(H,6,7,8);/q;+1/p-1. The van der Waals surface area contributed by atoms with Crippen LogP contribution in [0.15, 0.2) is 15.7 Å². The first-order valence-corrected chi connectivity index (χ1v) is 4.91. The number of thiophene rings is 1. The van der Waals surface area contributed by atoms with Crippen molar-refractivity contribution >= 4 is 21.5 Å². The van der Waals surface area contributed by atoms with Crippen molar-refractivity contribution in [3.05, 3.63) is 11.4 Å². The van der Waals surface area contributed by atoms with Crippen LogP contribution in [0.2, 0.25) is 0 Å². The SMILES string of the molecule is COc1csc(S(=O)(=O)[O-])c1.[Na+]. The van der Waals surface area contributed by atoms with Crippen molar-refractivity contribution in [1.82, 2.24) is 0 Å². The molecule has 1 aromatic rings. The van der Waals surface area contributed by atoms with E-state index < -0.39 is 10.1 Å². The molecule has 0 atom stereocenters. The molecule has 0 aromatic carbocycles. The first-order chi connectivity index (χ1) is 5.04. The molecule has 0 bridgehead atoms. The molecule has 12 heavy (non-hydrogen) atoms. The second-order valence-corrected chi connectivity index (χ2v) is 4.28. The zero-order valence-electron chi connectivity index (χ0n) is 6.60. The topological polar surface area (TPSA) is 66.4 Å². The van der Waals surface area contributed by atoms with Gasteiger partial charge in [-0.1, -0.05) is 0 Å². The van der Waals surface area contributed by atoms with Crippen molar-refractivity contribution < 1.29 is 47.3 Å². The molecule has 1 heterocycles. The molecule has 1 rings (SSSR count). The van der Waals surface area contributed by atoms with Crippen LogP contribution in [0.4, 0.5) is 0 Å². The van der Waals surface area contributed by atoms with Gasteiger partial charge in [-0.15, -0.1) is 11.3 Å². The zero-order valence-corrected chi connectivity index (χ0v) is 10.2. The summed E-state index contributed by atoms with van der Waals surface area (Å²) in [6.45, 7) is 0. The fourth-order valence-electron chi connectivity index (χ4n) is 0.538. The Bertz CT molecular complexity index is 342. The van der Waals surface area contributed by atoms with Crippen LogP contribution < -0.4 is 34.3 Å². The molecule has 0 N–H and O–H groups in total. The van der Waals surface area contributed by atoms with Crippen molar-refractivity contribution in [2.45, 2.75) is 4.21 Å². The Balaban J connectivity index is 0.00000121. The summed E-state index contributed by atoms with van der Waals surface area (Å²) in [5, 5.41) is 1.46. The molecule has 0 radical (unpaired) electrons. The Hall–Kier alpha value is 0.410. The zero-order chi connectivity index (χ0) is 8.48.